The standard InChI is InChI=1S/C22H17F6NO2/c23-21(24,25)15-6-4-7-16(12-15)29(14-20(30)22(26,27)28)17-8-5-11-19(13-17)31-18-9-2-1-3-10-18/h1-13,20,30H,14H2/t20-/m1/s1. The third kappa shape index (κ3) is 5.91. The highest BCUT2D eigenvalue weighted by Gasteiger charge is 2.40. The lowest BCUT2D eigenvalue weighted by Gasteiger charge is -2.29. The molecule has 3 nitrogen and oxygen atoms in total. The first-order valence-corrected chi connectivity index (χ1v) is 9.06. The molecule has 0 aromatic heterocycles. The van der Waals surface area contributed by atoms with Gasteiger partial charge in [0.2, 0.25) is 0 Å². The molecule has 31 heavy (non-hydrogen) atoms. The van der Waals surface area contributed by atoms with Gasteiger partial charge in [0.15, 0.2) is 6.10 Å². The number of alkyl halides is 6. The second-order valence-electron chi connectivity index (χ2n) is 6.63. The lowest BCUT2D eigenvalue weighted by atomic mass is 10.1. The van der Waals surface area contributed by atoms with Gasteiger partial charge in [0, 0.05) is 17.4 Å². The third-order valence-electron chi connectivity index (χ3n) is 4.33. The van der Waals surface area contributed by atoms with Crippen molar-refractivity contribution in [2.75, 3.05) is 11.4 Å². The zero-order chi connectivity index (χ0) is 22.6. The molecule has 164 valence electrons. The molecule has 3 rings (SSSR count). The Kier molecular flexibility index (Phi) is 6.45. The van der Waals surface area contributed by atoms with Gasteiger partial charge in [-0.3, -0.25) is 0 Å². The maximum Gasteiger partial charge on any atom is 0.416 e. The fourth-order valence-corrected chi connectivity index (χ4v) is 2.83. The number of rotatable bonds is 6. The molecule has 0 unspecified atom stereocenters. The van der Waals surface area contributed by atoms with E-state index in [0.29, 0.717) is 5.75 Å². The topological polar surface area (TPSA) is 32.7 Å². The molecule has 0 bridgehead atoms. The molecule has 0 saturated carbocycles. The largest absolute Gasteiger partial charge is 0.457 e. The number of hydrogen-bond donors (Lipinski definition) is 1. The first-order valence-electron chi connectivity index (χ1n) is 9.06. The van der Waals surface area contributed by atoms with Gasteiger partial charge in [-0.1, -0.05) is 30.3 Å². The summed E-state index contributed by atoms with van der Waals surface area (Å²) in [5.41, 5.74) is -1.06. The molecule has 0 spiro atoms. The average Bonchev–Trinajstić information content (AvgIpc) is 2.71. The Labute approximate surface area is 174 Å². The minimum absolute atomic E-state index is 0.121. The summed E-state index contributed by atoms with van der Waals surface area (Å²) in [6, 6.07) is 18.3. The Morgan fingerprint density at radius 3 is 1.94 bits per heavy atom. The summed E-state index contributed by atoms with van der Waals surface area (Å²) >= 11 is 0. The zero-order valence-corrected chi connectivity index (χ0v) is 15.9. The van der Waals surface area contributed by atoms with Crippen molar-refractivity contribution in [2.45, 2.75) is 18.5 Å². The number of benzene rings is 3. The number of halogens is 6. The van der Waals surface area contributed by atoms with E-state index < -0.39 is 30.6 Å². The number of nitrogens with zero attached hydrogens (tertiary/aromatic N) is 1. The van der Waals surface area contributed by atoms with Gasteiger partial charge in [-0.25, -0.2) is 0 Å². The van der Waals surface area contributed by atoms with E-state index in [9.17, 15) is 31.4 Å². The van der Waals surface area contributed by atoms with E-state index in [1.165, 1.54) is 24.3 Å². The second-order valence-corrected chi connectivity index (χ2v) is 6.63. The van der Waals surface area contributed by atoms with Crippen LogP contribution in [0.1, 0.15) is 5.56 Å². The number of aliphatic hydroxyl groups is 1. The van der Waals surface area contributed by atoms with Gasteiger partial charge in [0.05, 0.1) is 12.1 Å². The predicted molar refractivity (Wildman–Crippen MR) is 103 cm³/mol. The van der Waals surface area contributed by atoms with Crippen molar-refractivity contribution in [3.05, 3.63) is 84.4 Å². The molecule has 3 aromatic carbocycles. The Balaban J connectivity index is 2.00. The van der Waals surface area contributed by atoms with Gasteiger partial charge >= 0.3 is 12.4 Å². The van der Waals surface area contributed by atoms with Crippen molar-refractivity contribution in [3.63, 3.8) is 0 Å². The third-order valence-corrected chi connectivity index (χ3v) is 4.33. The second kappa shape index (κ2) is 8.89. The van der Waals surface area contributed by atoms with E-state index in [1.54, 1.807) is 36.4 Å². The molecule has 3 aromatic rings. The highest BCUT2D eigenvalue weighted by Crippen LogP contribution is 2.36. The van der Waals surface area contributed by atoms with Crippen LogP contribution in [0.2, 0.25) is 0 Å². The van der Waals surface area contributed by atoms with Crippen LogP contribution < -0.4 is 9.64 Å². The number of para-hydroxylation sites is 1. The number of aliphatic hydroxyl groups excluding tert-OH is 1. The summed E-state index contributed by atoms with van der Waals surface area (Å²) in [4.78, 5) is 0.964. The molecular formula is C22H17F6NO2. The van der Waals surface area contributed by atoms with E-state index in [2.05, 4.69) is 0 Å². The molecule has 0 aliphatic heterocycles. The molecule has 1 N–H and O–H groups in total. The Morgan fingerprint density at radius 1 is 0.742 bits per heavy atom. The van der Waals surface area contributed by atoms with Crippen molar-refractivity contribution in [3.8, 4) is 11.5 Å². The lowest BCUT2D eigenvalue weighted by Crippen LogP contribution is -2.39. The van der Waals surface area contributed by atoms with Crippen LogP contribution in [0.25, 0.3) is 0 Å². The number of hydrogen-bond acceptors (Lipinski definition) is 3. The fraction of sp³-hybridized carbons (Fsp3) is 0.182. The highest BCUT2D eigenvalue weighted by atomic mass is 19.4. The maximum atomic E-state index is 13.1. The van der Waals surface area contributed by atoms with Crippen LogP contribution in [-0.4, -0.2) is 23.9 Å². The van der Waals surface area contributed by atoms with E-state index in [4.69, 9.17) is 4.74 Å². The van der Waals surface area contributed by atoms with E-state index in [0.717, 1.165) is 23.1 Å². The van der Waals surface area contributed by atoms with Crippen LogP contribution in [-0.2, 0) is 6.18 Å². The molecule has 0 aliphatic rings. The van der Waals surface area contributed by atoms with Crippen molar-refractivity contribution in [2.24, 2.45) is 0 Å². The smallest absolute Gasteiger partial charge is 0.416 e. The molecule has 0 saturated heterocycles. The van der Waals surface area contributed by atoms with Crippen LogP contribution in [0.4, 0.5) is 37.7 Å². The van der Waals surface area contributed by atoms with Gasteiger partial charge in [0.25, 0.3) is 0 Å². The van der Waals surface area contributed by atoms with Gasteiger partial charge < -0.3 is 14.7 Å². The molecule has 1 atom stereocenters. The summed E-state index contributed by atoms with van der Waals surface area (Å²) in [5.74, 6) is 0.739. The van der Waals surface area contributed by atoms with Gasteiger partial charge in [-0.05, 0) is 42.5 Å². The Morgan fingerprint density at radius 2 is 1.32 bits per heavy atom. The minimum atomic E-state index is -4.95. The Hall–Kier alpha value is -3.20. The lowest BCUT2D eigenvalue weighted by molar-refractivity contribution is -0.199. The van der Waals surface area contributed by atoms with E-state index in [1.807, 2.05) is 0 Å². The normalized spacial score (nSPS) is 13.0. The molecular weight excluding hydrogens is 424 g/mol. The number of anilines is 2. The summed E-state index contributed by atoms with van der Waals surface area (Å²) in [5, 5.41) is 9.59. The van der Waals surface area contributed by atoms with Gasteiger partial charge in [0.1, 0.15) is 11.5 Å². The first kappa shape index (κ1) is 22.5. The van der Waals surface area contributed by atoms with Crippen LogP contribution in [0, 0.1) is 0 Å². The summed E-state index contributed by atoms with van der Waals surface area (Å²) < 4.78 is 84.0. The van der Waals surface area contributed by atoms with Crippen LogP contribution in [0.15, 0.2) is 78.9 Å². The number of ether oxygens (including phenoxy) is 1. The van der Waals surface area contributed by atoms with Crippen LogP contribution >= 0.6 is 0 Å². The molecule has 0 aliphatic carbocycles. The monoisotopic (exact) mass is 441 g/mol. The minimum Gasteiger partial charge on any atom is -0.457 e. The van der Waals surface area contributed by atoms with E-state index in [-0.39, 0.29) is 17.1 Å². The summed E-state index contributed by atoms with van der Waals surface area (Å²) in [7, 11) is 0. The highest BCUT2D eigenvalue weighted by molar-refractivity contribution is 5.65. The van der Waals surface area contributed by atoms with Crippen molar-refractivity contribution in [1.82, 2.24) is 0 Å². The molecule has 0 heterocycles. The fourth-order valence-electron chi connectivity index (χ4n) is 2.83. The van der Waals surface area contributed by atoms with Crippen LogP contribution in [0.5, 0.6) is 11.5 Å². The summed E-state index contributed by atoms with van der Waals surface area (Å²) in [6.07, 6.45) is -12.4. The van der Waals surface area contributed by atoms with Crippen molar-refractivity contribution < 1.29 is 36.2 Å². The molecule has 9 heteroatoms. The molecule has 0 amide bonds. The van der Waals surface area contributed by atoms with Crippen LogP contribution in [0.3, 0.4) is 0 Å². The Bertz CT molecular complexity index is 1000. The van der Waals surface area contributed by atoms with E-state index >= 15 is 0 Å². The zero-order valence-electron chi connectivity index (χ0n) is 15.9. The van der Waals surface area contributed by atoms with Gasteiger partial charge in [-0.2, -0.15) is 26.3 Å². The van der Waals surface area contributed by atoms with Gasteiger partial charge in [-0.15, -0.1) is 0 Å². The molecule has 0 fully saturated rings. The van der Waals surface area contributed by atoms with Crippen molar-refractivity contribution in [1.29, 1.82) is 0 Å². The predicted octanol–water partition coefficient (Wildman–Crippen LogP) is 6.56. The maximum absolute atomic E-state index is 13.1. The SMILES string of the molecule is O[C@H](CN(c1cccc(Oc2ccccc2)c1)c1cccc(C(F)(F)F)c1)C(F)(F)F. The molecule has 0 radical (unpaired) electrons. The van der Waals surface area contributed by atoms with Crippen molar-refractivity contribution >= 4 is 11.4 Å². The quantitative estimate of drug-likeness (QED) is 0.440. The first-order chi connectivity index (χ1) is 14.5. The average molecular weight is 441 g/mol. The summed E-state index contributed by atoms with van der Waals surface area (Å²) in [6.45, 7) is -1.00.